The zero-order chi connectivity index (χ0) is 44.0. The van der Waals surface area contributed by atoms with Gasteiger partial charge in [-0.15, -0.1) is 0 Å². The van der Waals surface area contributed by atoms with Crippen LogP contribution < -0.4 is 0 Å². The van der Waals surface area contributed by atoms with Crippen LogP contribution >= 0.6 is 0 Å². The molecule has 352 valence electrons. The average Bonchev–Trinajstić information content (AvgIpc) is 3.24. The predicted octanol–water partition coefficient (Wildman–Crippen LogP) is 13.4. The molecule has 0 fully saturated rings. The van der Waals surface area contributed by atoms with Crippen LogP contribution in [0.5, 0.6) is 0 Å². The fraction of sp³-hybridized carbons (Fsp3) is 0.860. The Morgan fingerprint density at radius 3 is 1.53 bits per heavy atom. The van der Waals surface area contributed by atoms with Crippen molar-refractivity contribution in [2.45, 2.75) is 226 Å². The number of ether oxygens (including phenoxy) is 6. The van der Waals surface area contributed by atoms with Crippen molar-refractivity contribution in [2.24, 2.45) is 0 Å². The van der Waals surface area contributed by atoms with Crippen molar-refractivity contribution in [3.63, 3.8) is 0 Å². The van der Waals surface area contributed by atoms with Gasteiger partial charge in [0, 0.05) is 45.4 Å². The van der Waals surface area contributed by atoms with E-state index in [1.807, 2.05) is 7.05 Å². The Morgan fingerprint density at radius 1 is 0.483 bits per heavy atom. The molecule has 0 aromatic rings. The normalized spacial score (nSPS) is 12.2. The van der Waals surface area contributed by atoms with Crippen molar-refractivity contribution in [1.29, 1.82) is 0 Å². The van der Waals surface area contributed by atoms with Gasteiger partial charge in [0.2, 0.25) is 0 Å². The van der Waals surface area contributed by atoms with Crippen molar-refractivity contribution in [1.82, 2.24) is 4.90 Å². The zero-order valence-corrected chi connectivity index (χ0v) is 39.5. The smallest absolute Gasteiger partial charge is 0.466 e. The lowest BCUT2D eigenvalue weighted by atomic mass is 10.1. The highest BCUT2D eigenvalue weighted by atomic mass is 16.7. The van der Waals surface area contributed by atoms with E-state index in [0.717, 1.165) is 83.7 Å². The minimum absolute atomic E-state index is 0.0693. The molecule has 0 saturated heterocycles. The lowest BCUT2D eigenvalue weighted by Crippen LogP contribution is -2.25. The summed E-state index contributed by atoms with van der Waals surface area (Å²) in [6, 6.07) is 0. The summed E-state index contributed by atoms with van der Waals surface area (Å²) in [6.07, 6.45) is 36.0. The number of allylic oxidation sites excluding steroid dienone is 4. The van der Waals surface area contributed by atoms with Gasteiger partial charge in [-0.25, -0.2) is 4.79 Å². The van der Waals surface area contributed by atoms with E-state index in [1.165, 1.54) is 77.0 Å². The predicted molar refractivity (Wildman–Crippen MR) is 246 cm³/mol. The molecule has 60 heavy (non-hydrogen) atoms. The van der Waals surface area contributed by atoms with Crippen LogP contribution in [0.3, 0.4) is 0 Å². The molecule has 0 aromatic heterocycles. The van der Waals surface area contributed by atoms with Crippen LogP contribution in [0.2, 0.25) is 0 Å². The van der Waals surface area contributed by atoms with Crippen molar-refractivity contribution < 1.29 is 42.8 Å². The monoisotopic (exact) mass is 852 g/mol. The molecule has 0 aromatic carbocycles. The Morgan fingerprint density at radius 2 is 0.967 bits per heavy atom. The highest BCUT2D eigenvalue weighted by Gasteiger charge is 2.19. The van der Waals surface area contributed by atoms with E-state index in [-0.39, 0.29) is 44.6 Å². The van der Waals surface area contributed by atoms with Crippen LogP contribution in [0.4, 0.5) is 4.79 Å². The summed E-state index contributed by atoms with van der Waals surface area (Å²) in [5.41, 5.74) is 0. The molecule has 0 amide bonds. The number of carbonyl (C=O) groups is 3. The van der Waals surface area contributed by atoms with Gasteiger partial charge in [0.25, 0.3) is 0 Å². The van der Waals surface area contributed by atoms with Crippen LogP contribution in [0.15, 0.2) is 24.3 Å². The molecule has 0 spiro atoms. The molecule has 0 aliphatic heterocycles. The van der Waals surface area contributed by atoms with Crippen LogP contribution in [-0.4, -0.2) is 88.6 Å². The summed E-state index contributed by atoms with van der Waals surface area (Å²) in [5.74, 6) is -0.600. The molecule has 0 heterocycles. The maximum absolute atomic E-state index is 12.8. The molecule has 0 rings (SSSR count). The van der Waals surface area contributed by atoms with Gasteiger partial charge in [-0.05, 0) is 71.4 Å². The van der Waals surface area contributed by atoms with Gasteiger partial charge in [-0.2, -0.15) is 0 Å². The second-order valence-corrected chi connectivity index (χ2v) is 16.3. The molecule has 0 aliphatic rings. The Bertz CT molecular complexity index is 1000. The molecular weight excluding hydrogens is 759 g/mol. The Balaban J connectivity index is 4.69. The van der Waals surface area contributed by atoms with E-state index < -0.39 is 18.5 Å². The molecule has 1 atom stereocenters. The lowest BCUT2D eigenvalue weighted by Gasteiger charge is -2.19. The topological polar surface area (TPSA) is 110 Å². The third kappa shape index (κ3) is 42.3. The van der Waals surface area contributed by atoms with Crippen molar-refractivity contribution in [3.8, 4) is 0 Å². The van der Waals surface area contributed by atoms with Crippen LogP contribution in [0, 0.1) is 0 Å². The van der Waals surface area contributed by atoms with Crippen molar-refractivity contribution in [2.75, 3.05) is 53.2 Å². The van der Waals surface area contributed by atoms with E-state index >= 15 is 0 Å². The summed E-state index contributed by atoms with van der Waals surface area (Å²) in [4.78, 5) is 40.0. The molecule has 0 saturated carbocycles. The second-order valence-electron chi connectivity index (χ2n) is 16.3. The van der Waals surface area contributed by atoms with E-state index in [9.17, 15) is 14.4 Å². The van der Waals surface area contributed by atoms with Crippen molar-refractivity contribution >= 4 is 18.1 Å². The van der Waals surface area contributed by atoms with Crippen LogP contribution in [0.1, 0.15) is 214 Å². The fourth-order valence-corrected chi connectivity index (χ4v) is 6.56. The molecule has 1 unspecified atom stereocenters. The number of nitrogens with zero attached hydrogens (tertiary/aromatic N) is 1. The Kier molecular flexibility index (Phi) is 44.2. The number of hydrogen-bond donors (Lipinski definition) is 0. The quantitative estimate of drug-likeness (QED) is 0.0193. The SMILES string of the molecule is CCCCC/C=C\C/C=C\CCCCCCCC(=O)OCCC(CCOC(=O)CCC(OCCCCCCCC)OCCCCCCCC)OC(=O)OCCCN(C)CC. The molecule has 0 radical (unpaired) electrons. The maximum atomic E-state index is 12.8. The average molecular weight is 852 g/mol. The Hall–Kier alpha value is -2.43. The van der Waals surface area contributed by atoms with Crippen LogP contribution in [-0.2, 0) is 38.0 Å². The van der Waals surface area contributed by atoms with Gasteiger partial charge >= 0.3 is 18.1 Å². The first-order valence-electron chi connectivity index (χ1n) is 24.7. The molecule has 0 bridgehead atoms. The summed E-state index contributed by atoms with van der Waals surface area (Å²) in [5, 5.41) is 0. The minimum atomic E-state index is -0.769. The number of esters is 2. The first-order chi connectivity index (χ1) is 29.4. The van der Waals surface area contributed by atoms with E-state index in [0.29, 0.717) is 38.9 Å². The minimum Gasteiger partial charge on any atom is -0.466 e. The maximum Gasteiger partial charge on any atom is 0.508 e. The third-order valence-corrected chi connectivity index (χ3v) is 10.6. The summed E-state index contributed by atoms with van der Waals surface area (Å²) in [7, 11) is 2.01. The van der Waals surface area contributed by atoms with E-state index in [2.05, 4.69) is 56.9 Å². The standard InChI is InChI=1S/C50H93NO9/c1-6-10-13-16-19-20-21-22-23-24-25-26-27-28-31-35-47(52)55-44-38-46(60-50(54)59-43-34-40-51(5)9-4)39-45-56-48(53)36-37-49(57-41-32-29-17-14-11-7-2)58-42-33-30-18-15-12-8-3/h19-20,22-23,46,49H,6-18,21,24-45H2,1-5H3/b20-19-,23-22-. The molecule has 10 heteroatoms. The van der Waals surface area contributed by atoms with Crippen molar-refractivity contribution in [3.05, 3.63) is 24.3 Å². The van der Waals surface area contributed by atoms with E-state index in [4.69, 9.17) is 28.4 Å². The van der Waals surface area contributed by atoms with Gasteiger partial charge in [0.15, 0.2) is 6.29 Å². The van der Waals surface area contributed by atoms with Gasteiger partial charge < -0.3 is 33.3 Å². The van der Waals surface area contributed by atoms with Gasteiger partial charge in [0.1, 0.15) is 6.10 Å². The number of hydrogen-bond acceptors (Lipinski definition) is 10. The van der Waals surface area contributed by atoms with Gasteiger partial charge in [-0.3, -0.25) is 9.59 Å². The molecule has 10 nitrogen and oxygen atoms in total. The summed E-state index contributed by atoms with van der Waals surface area (Å²) < 4.78 is 34.1. The first kappa shape index (κ1) is 57.6. The summed E-state index contributed by atoms with van der Waals surface area (Å²) in [6.45, 7) is 12.1. The number of carbonyl (C=O) groups excluding carboxylic acids is 3. The lowest BCUT2D eigenvalue weighted by molar-refractivity contribution is -0.159. The number of unbranched alkanes of at least 4 members (excludes halogenated alkanes) is 18. The first-order valence-corrected chi connectivity index (χ1v) is 24.7. The highest BCUT2D eigenvalue weighted by molar-refractivity contribution is 5.69. The third-order valence-electron chi connectivity index (χ3n) is 10.6. The Labute approximate surface area is 368 Å². The fourth-order valence-electron chi connectivity index (χ4n) is 6.56. The zero-order valence-electron chi connectivity index (χ0n) is 39.5. The molecule has 0 N–H and O–H groups in total. The largest absolute Gasteiger partial charge is 0.508 e. The second kappa shape index (κ2) is 46.1. The molecule has 0 aliphatic carbocycles. The highest BCUT2D eigenvalue weighted by Crippen LogP contribution is 2.14. The van der Waals surface area contributed by atoms with E-state index in [1.54, 1.807) is 0 Å². The molecular formula is C50H93NO9. The number of rotatable bonds is 45. The summed E-state index contributed by atoms with van der Waals surface area (Å²) >= 11 is 0. The van der Waals surface area contributed by atoms with Gasteiger partial charge in [0.05, 0.1) is 26.2 Å². The van der Waals surface area contributed by atoms with Gasteiger partial charge in [-0.1, -0.05) is 148 Å². The van der Waals surface area contributed by atoms with Crippen LogP contribution in [0.25, 0.3) is 0 Å².